The average Bonchev–Trinajstić information content (AvgIpc) is 3.04. The molecular formula is C24H25BrN2O5S. The van der Waals surface area contributed by atoms with Gasteiger partial charge in [-0.05, 0) is 83.9 Å². The lowest BCUT2D eigenvalue weighted by Gasteiger charge is -2.16. The summed E-state index contributed by atoms with van der Waals surface area (Å²) in [7, 11) is 0. The molecule has 0 radical (unpaired) electrons. The van der Waals surface area contributed by atoms with E-state index in [-0.39, 0.29) is 17.6 Å². The lowest BCUT2D eigenvalue weighted by molar-refractivity contribution is -0.127. The Hall–Kier alpha value is -2.78. The molecule has 1 saturated heterocycles. The molecule has 0 aromatic heterocycles. The van der Waals surface area contributed by atoms with Crippen LogP contribution in [0, 0.1) is 0 Å². The molecule has 0 unspecified atom stereocenters. The van der Waals surface area contributed by atoms with Gasteiger partial charge in [-0.15, -0.1) is 0 Å². The largest absolute Gasteiger partial charge is 0.490 e. The number of carbonyl (C=O) groups excluding carboxylic acids is 3. The zero-order valence-corrected chi connectivity index (χ0v) is 21.0. The van der Waals surface area contributed by atoms with Gasteiger partial charge >= 0.3 is 0 Å². The molecule has 1 heterocycles. The number of benzene rings is 2. The zero-order chi connectivity index (χ0) is 24.0. The summed E-state index contributed by atoms with van der Waals surface area (Å²) < 4.78 is 12.3. The maximum absolute atomic E-state index is 12.8. The second kappa shape index (κ2) is 11.4. The standard InChI is InChI=1S/C24H25BrN2O5S/c1-4-15(3)32-19-11-10-16(12-20(19)31-5-2)13-21-23(29)27(24(30)33-21)14-22(28)26-18-9-7-6-8-17(18)25/h6-13,15H,4-5,14H2,1-3H3,(H,26,28)/b21-13+/t15-/m1/s1. The Kier molecular flexibility index (Phi) is 8.57. The fourth-order valence-electron chi connectivity index (χ4n) is 2.96. The highest BCUT2D eigenvalue weighted by Gasteiger charge is 2.36. The van der Waals surface area contributed by atoms with Crippen LogP contribution in [-0.4, -0.2) is 41.2 Å². The van der Waals surface area contributed by atoms with Gasteiger partial charge < -0.3 is 14.8 Å². The maximum atomic E-state index is 12.8. The van der Waals surface area contributed by atoms with Crippen LogP contribution in [0.2, 0.25) is 0 Å². The zero-order valence-electron chi connectivity index (χ0n) is 18.6. The normalized spacial score (nSPS) is 15.6. The maximum Gasteiger partial charge on any atom is 0.294 e. The van der Waals surface area contributed by atoms with Crippen LogP contribution >= 0.6 is 27.7 Å². The van der Waals surface area contributed by atoms with Crippen LogP contribution in [0.4, 0.5) is 10.5 Å². The number of anilines is 1. The molecule has 2 aromatic rings. The van der Waals surface area contributed by atoms with E-state index in [4.69, 9.17) is 9.47 Å². The van der Waals surface area contributed by atoms with Crippen LogP contribution < -0.4 is 14.8 Å². The summed E-state index contributed by atoms with van der Waals surface area (Å²) in [5.74, 6) is 0.222. The molecule has 7 nitrogen and oxygen atoms in total. The molecule has 0 bridgehead atoms. The van der Waals surface area contributed by atoms with Crippen molar-refractivity contribution in [1.29, 1.82) is 0 Å². The van der Waals surface area contributed by atoms with Gasteiger partial charge in [0.1, 0.15) is 6.54 Å². The molecule has 1 fully saturated rings. The van der Waals surface area contributed by atoms with Crippen molar-refractivity contribution in [3.8, 4) is 11.5 Å². The number of thioether (sulfide) groups is 1. The van der Waals surface area contributed by atoms with E-state index in [1.165, 1.54) is 0 Å². The third-order valence-electron chi connectivity index (χ3n) is 4.79. The molecule has 0 saturated carbocycles. The third-order valence-corrected chi connectivity index (χ3v) is 6.39. The summed E-state index contributed by atoms with van der Waals surface area (Å²) >= 11 is 4.16. The first-order valence-corrected chi connectivity index (χ1v) is 12.2. The Labute approximate surface area is 205 Å². The van der Waals surface area contributed by atoms with Gasteiger partial charge in [0.05, 0.1) is 23.3 Å². The molecule has 33 heavy (non-hydrogen) atoms. The summed E-state index contributed by atoms with van der Waals surface area (Å²) in [4.78, 5) is 38.8. The summed E-state index contributed by atoms with van der Waals surface area (Å²) in [6.07, 6.45) is 2.51. The van der Waals surface area contributed by atoms with Gasteiger partial charge in [0, 0.05) is 4.47 Å². The van der Waals surface area contributed by atoms with Gasteiger partial charge in [-0.3, -0.25) is 19.3 Å². The number of imide groups is 1. The van der Waals surface area contributed by atoms with Gasteiger partial charge in [0.15, 0.2) is 11.5 Å². The molecule has 3 rings (SSSR count). The third kappa shape index (κ3) is 6.39. The summed E-state index contributed by atoms with van der Waals surface area (Å²) in [6.45, 7) is 5.99. The van der Waals surface area contributed by atoms with Crippen LogP contribution in [0.15, 0.2) is 51.8 Å². The summed E-state index contributed by atoms with van der Waals surface area (Å²) in [6, 6.07) is 12.5. The van der Waals surface area contributed by atoms with E-state index in [2.05, 4.69) is 21.2 Å². The van der Waals surface area contributed by atoms with E-state index < -0.39 is 17.1 Å². The first kappa shape index (κ1) is 24.9. The molecule has 1 aliphatic rings. The minimum atomic E-state index is -0.509. The van der Waals surface area contributed by atoms with Crippen molar-refractivity contribution in [2.75, 3.05) is 18.5 Å². The van der Waals surface area contributed by atoms with E-state index in [9.17, 15) is 14.4 Å². The Morgan fingerprint density at radius 3 is 2.64 bits per heavy atom. The quantitative estimate of drug-likeness (QED) is 0.417. The van der Waals surface area contributed by atoms with Crippen molar-refractivity contribution < 1.29 is 23.9 Å². The molecule has 2 aromatic carbocycles. The number of hydrogen-bond donors (Lipinski definition) is 1. The Balaban J connectivity index is 1.74. The topological polar surface area (TPSA) is 84.9 Å². The highest BCUT2D eigenvalue weighted by atomic mass is 79.9. The molecule has 0 aliphatic carbocycles. The van der Waals surface area contributed by atoms with Gasteiger partial charge in [0.25, 0.3) is 11.1 Å². The van der Waals surface area contributed by atoms with Crippen molar-refractivity contribution >= 4 is 56.5 Å². The molecule has 0 spiro atoms. The Morgan fingerprint density at radius 1 is 1.18 bits per heavy atom. The predicted octanol–water partition coefficient (Wildman–Crippen LogP) is 5.70. The van der Waals surface area contributed by atoms with Crippen LogP contribution in [0.5, 0.6) is 11.5 Å². The number of nitrogens with one attached hydrogen (secondary N) is 1. The molecule has 9 heteroatoms. The second-order valence-corrected chi connectivity index (χ2v) is 9.12. The minimum Gasteiger partial charge on any atom is -0.490 e. The second-order valence-electron chi connectivity index (χ2n) is 7.27. The predicted molar refractivity (Wildman–Crippen MR) is 133 cm³/mol. The van der Waals surface area contributed by atoms with Crippen molar-refractivity contribution in [3.05, 3.63) is 57.4 Å². The molecule has 1 aliphatic heterocycles. The summed E-state index contributed by atoms with van der Waals surface area (Å²) in [5, 5.41) is 2.21. The fourth-order valence-corrected chi connectivity index (χ4v) is 4.19. The number of hydrogen-bond acceptors (Lipinski definition) is 6. The molecular weight excluding hydrogens is 508 g/mol. The first-order valence-electron chi connectivity index (χ1n) is 10.6. The van der Waals surface area contributed by atoms with E-state index >= 15 is 0 Å². The molecule has 1 atom stereocenters. The first-order chi connectivity index (χ1) is 15.8. The van der Waals surface area contributed by atoms with Crippen molar-refractivity contribution in [2.45, 2.75) is 33.3 Å². The molecule has 174 valence electrons. The highest BCUT2D eigenvalue weighted by molar-refractivity contribution is 9.10. The van der Waals surface area contributed by atoms with Crippen LogP contribution in [0.3, 0.4) is 0 Å². The van der Waals surface area contributed by atoms with Gasteiger partial charge in [0.2, 0.25) is 5.91 Å². The van der Waals surface area contributed by atoms with Crippen LogP contribution in [-0.2, 0) is 9.59 Å². The van der Waals surface area contributed by atoms with Crippen molar-refractivity contribution in [2.24, 2.45) is 0 Å². The lowest BCUT2D eigenvalue weighted by Crippen LogP contribution is -2.36. The van der Waals surface area contributed by atoms with E-state index in [0.29, 0.717) is 33.8 Å². The van der Waals surface area contributed by atoms with Crippen molar-refractivity contribution in [1.82, 2.24) is 4.90 Å². The average molecular weight is 533 g/mol. The number of para-hydroxylation sites is 1. The minimum absolute atomic E-state index is 0.0363. The molecule has 3 amide bonds. The fraction of sp³-hybridized carbons (Fsp3) is 0.292. The summed E-state index contributed by atoms with van der Waals surface area (Å²) in [5.41, 5.74) is 1.26. The number of halogens is 1. The van der Waals surface area contributed by atoms with Crippen LogP contribution in [0.25, 0.3) is 6.08 Å². The molecule has 1 N–H and O–H groups in total. The number of amides is 3. The van der Waals surface area contributed by atoms with Gasteiger partial charge in [-0.25, -0.2) is 0 Å². The van der Waals surface area contributed by atoms with Crippen molar-refractivity contribution in [3.63, 3.8) is 0 Å². The van der Waals surface area contributed by atoms with E-state index in [1.807, 2.05) is 26.8 Å². The Morgan fingerprint density at radius 2 is 1.94 bits per heavy atom. The SMILES string of the molecule is CCOc1cc(/C=C2/SC(=O)N(CC(=O)Nc3ccccc3Br)C2=O)ccc1O[C@H](C)CC. The lowest BCUT2D eigenvalue weighted by atomic mass is 10.1. The number of nitrogens with zero attached hydrogens (tertiary/aromatic N) is 1. The smallest absolute Gasteiger partial charge is 0.294 e. The number of rotatable bonds is 9. The van der Waals surface area contributed by atoms with Gasteiger partial charge in [-0.2, -0.15) is 0 Å². The van der Waals surface area contributed by atoms with Crippen LogP contribution in [0.1, 0.15) is 32.8 Å². The van der Waals surface area contributed by atoms with E-state index in [0.717, 1.165) is 23.1 Å². The number of carbonyl (C=O) groups is 3. The highest BCUT2D eigenvalue weighted by Crippen LogP contribution is 2.35. The van der Waals surface area contributed by atoms with Gasteiger partial charge in [-0.1, -0.05) is 25.1 Å². The Bertz CT molecular complexity index is 1090. The number of ether oxygens (including phenoxy) is 2. The monoisotopic (exact) mass is 532 g/mol. The van der Waals surface area contributed by atoms with E-state index in [1.54, 1.807) is 42.5 Å².